The molecule has 0 fully saturated rings. The lowest BCUT2D eigenvalue weighted by Gasteiger charge is -2.14. The summed E-state index contributed by atoms with van der Waals surface area (Å²) in [5, 5.41) is 11.5. The molecule has 2 N–H and O–H groups in total. The summed E-state index contributed by atoms with van der Waals surface area (Å²) in [7, 11) is 0. The second kappa shape index (κ2) is 8.19. The van der Waals surface area contributed by atoms with E-state index in [1.54, 1.807) is 6.07 Å². The van der Waals surface area contributed by atoms with Crippen molar-refractivity contribution in [3.05, 3.63) is 29.8 Å². The lowest BCUT2D eigenvalue weighted by atomic mass is 10.1. The number of aliphatic carboxylic acids is 1. The van der Waals surface area contributed by atoms with E-state index in [-0.39, 0.29) is 6.61 Å². The number of benzene rings is 1. The molecular formula is C15H21NO4. The smallest absolute Gasteiger partial charge is 0.326 e. The number of ether oxygens (including phenoxy) is 1. The third kappa shape index (κ3) is 5.73. The van der Waals surface area contributed by atoms with Gasteiger partial charge in [0.15, 0.2) is 6.61 Å². The molecule has 0 radical (unpaired) electrons. The minimum absolute atomic E-state index is 0.181. The number of carboxylic acids is 1. The zero-order chi connectivity index (χ0) is 15.0. The molecule has 0 aliphatic rings. The molecule has 1 amide bonds. The van der Waals surface area contributed by atoms with Gasteiger partial charge in [-0.3, -0.25) is 4.79 Å². The van der Waals surface area contributed by atoms with Crippen LogP contribution in [0, 0.1) is 6.92 Å². The molecule has 0 saturated carbocycles. The third-order valence-electron chi connectivity index (χ3n) is 2.84. The van der Waals surface area contributed by atoms with Crippen molar-refractivity contribution in [1.82, 2.24) is 5.32 Å². The van der Waals surface area contributed by atoms with Crippen molar-refractivity contribution in [3.8, 4) is 5.75 Å². The highest BCUT2D eigenvalue weighted by Gasteiger charge is 2.19. The van der Waals surface area contributed by atoms with E-state index >= 15 is 0 Å². The van der Waals surface area contributed by atoms with E-state index in [4.69, 9.17) is 9.84 Å². The van der Waals surface area contributed by atoms with Crippen molar-refractivity contribution in [2.24, 2.45) is 0 Å². The summed E-state index contributed by atoms with van der Waals surface area (Å²) >= 11 is 0. The molecule has 1 aromatic rings. The number of rotatable bonds is 8. The van der Waals surface area contributed by atoms with Gasteiger partial charge in [-0.25, -0.2) is 4.79 Å². The Bertz CT molecular complexity index is 459. The monoisotopic (exact) mass is 279 g/mol. The van der Waals surface area contributed by atoms with Crippen molar-refractivity contribution in [1.29, 1.82) is 0 Å². The molecule has 0 saturated heterocycles. The molecule has 0 aliphatic heterocycles. The van der Waals surface area contributed by atoms with Crippen LogP contribution in [-0.2, 0) is 9.59 Å². The fraction of sp³-hybridized carbons (Fsp3) is 0.467. The number of nitrogens with one attached hydrogen (secondary N) is 1. The average molecular weight is 279 g/mol. The Labute approximate surface area is 118 Å². The Morgan fingerprint density at radius 3 is 2.75 bits per heavy atom. The Kier molecular flexibility index (Phi) is 6.56. The summed E-state index contributed by atoms with van der Waals surface area (Å²) in [6.45, 7) is 3.72. The lowest BCUT2D eigenvalue weighted by molar-refractivity contribution is -0.142. The summed E-state index contributed by atoms with van der Waals surface area (Å²) in [5.74, 6) is -0.835. The van der Waals surface area contributed by atoms with Crippen LogP contribution in [0.2, 0.25) is 0 Å². The molecule has 5 nitrogen and oxygen atoms in total. The maximum absolute atomic E-state index is 11.7. The number of amides is 1. The van der Waals surface area contributed by atoms with E-state index in [1.807, 2.05) is 32.0 Å². The second-order valence-electron chi connectivity index (χ2n) is 4.71. The molecule has 1 atom stereocenters. The number of unbranched alkanes of at least 4 members (excludes halogenated alkanes) is 1. The average Bonchev–Trinajstić information content (AvgIpc) is 2.41. The normalized spacial score (nSPS) is 11.7. The molecule has 0 unspecified atom stereocenters. The van der Waals surface area contributed by atoms with Crippen LogP contribution in [0.25, 0.3) is 0 Å². The third-order valence-corrected chi connectivity index (χ3v) is 2.84. The number of carboxylic acid groups (broad SMARTS) is 1. The van der Waals surface area contributed by atoms with E-state index in [1.165, 1.54) is 0 Å². The molecule has 0 aliphatic carbocycles. The molecule has 0 heterocycles. The van der Waals surface area contributed by atoms with E-state index in [0.29, 0.717) is 12.2 Å². The second-order valence-corrected chi connectivity index (χ2v) is 4.71. The SMILES string of the molecule is CCCC[C@H](NC(=O)COc1cccc(C)c1)C(=O)O. The fourth-order valence-electron chi connectivity index (χ4n) is 1.76. The van der Waals surface area contributed by atoms with Gasteiger partial charge < -0.3 is 15.2 Å². The molecule has 1 rings (SSSR count). The van der Waals surface area contributed by atoms with Crippen LogP contribution in [-0.4, -0.2) is 29.6 Å². The van der Waals surface area contributed by atoms with Crippen LogP contribution in [0.1, 0.15) is 31.7 Å². The molecule has 5 heteroatoms. The Morgan fingerprint density at radius 2 is 2.15 bits per heavy atom. The number of carbonyl (C=O) groups is 2. The molecule has 0 aromatic heterocycles. The molecule has 1 aromatic carbocycles. The first-order valence-electron chi connectivity index (χ1n) is 6.74. The van der Waals surface area contributed by atoms with E-state index < -0.39 is 17.9 Å². The van der Waals surface area contributed by atoms with Crippen molar-refractivity contribution in [3.63, 3.8) is 0 Å². The minimum atomic E-state index is -1.01. The Balaban J connectivity index is 2.43. The van der Waals surface area contributed by atoms with Crippen LogP contribution in [0.4, 0.5) is 0 Å². The van der Waals surface area contributed by atoms with Gasteiger partial charge in [-0.05, 0) is 31.0 Å². The van der Waals surface area contributed by atoms with Crippen LogP contribution < -0.4 is 10.1 Å². The number of aryl methyl sites for hydroxylation is 1. The quantitative estimate of drug-likeness (QED) is 0.764. The first-order valence-corrected chi connectivity index (χ1v) is 6.74. The molecular weight excluding hydrogens is 258 g/mol. The summed E-state index contributed by atoms with van der Waals surface area (Å²) < 4.78 is 5.33. The standard InChI is InChI=1S/C15H21NO4/c1-3-4-8-13(15(18)19)16-14(17)10-20-12-7-5-6-11(2)9-12/h5-7,9,13H,3-4,8,10H2,1-2H3,(H,16,17)(H,18,19)/t13-/m0/s1. The van der Waals surface area contributed by atoms with E-state index in [9.17, 15) is 9.59 Å². The molecule has 0 spiro atoms. The number of hydrogen-bond donors (Lipinski definition) is 2. The largest absolute Gasteiger partial charge is 0.484 e. The zero-order valence-electron chi connectivity index (χ0n) is 11.9. The number of carbonyl (C=O) groups excluding carboxylic acids is 1. The van der Waals surface area contributed by atoms with Crippen LogP contribution >= 0.6 is 0 Å². The van der Waals surface area contributed by atoms with Gasteiger partial charge in [0.1, 0.15) is 11.8 Å². The number of hydrogen-bond acceptors (Lipinski definition) is 3. The topological polar surface area (TPSA) is 75.6 Å². The zero-order valence-corrected chi connectivity index (χ0v) is 11.9. The summed E-state index contributed by atoms with van der Waals surface area (Å²) in [6.07, 6.45) is 2.08. The fourth-order valence-corrected chi connectivity index (χ4v) is 1.76. The summed E-state index contributed by atoms with van der Waals surface area (Å²) in [6, 6.07) is 6.50. The van der Waals surface area contributed by atoms with Gasteiger partial charge in [-0.15, -0.1) is 0 Å². The van der Waals surface area contributed by atoms with Crippen molar-refractivity contribution in [2.75, 3.05) is 6.61 Å². The first kappa shape index (κ1) is 16.0. The molecule has 20 heavy (non-hydrogen) atoms. The highest BCUT2D eigenvalue weighted by Crippen LogP contribution is 2.12. The van der Waals surface area contributed by atoms with Gasteiger partial charge in [-0.2, -0.15) is 0 Å². The van der Waals surface area contributed by atoms with Crippen LogP contribution in [0.15, 0.2) is 24.3 Å². The maximum Gasteiger partial charge on any atom is 0.326 e. The van der Waals surface area contributed by atoms with Crippen molar-refractivity contribution in [2.45, 2.75) is 39.2 Å². The predicted molar refractivity (Wildman–Crippen MR) is 75.8 cm³/mol. The van der Waals surface area contributed by atoms with Crippen molar-refractivity contribution >= 4 is 11.9 Å². The lowest BCUT2D eigenvalue weighted by Crippen LogP contribution is -2.42. The van der Waals surface area contributed by atoms with Crippen LogP contribution in [0.3, 0.4) is 0 Å². The van der Waals surface area contributed by atoms with Crippen LogP contribution in [0.5, 0.6) is 5.75 Å². The van der Waals surface area contributed by atoms with Crippen molar-refractivity contribution < 1.29 is 19.4 Å². The van der Waals surface area contributed by atoms with Gasteiger partial charge in [0.2, 0.25) is 0 Å². The van der Waals surface area contributed by atoms with Gasteiger partial charge in [0, 0.05) is 0 Å². The predicted octanol–water partition coefficient (Wildman–Crippen LogP) is 2.13. The van der Waals surface area contributed by atoms with E-state index in [2.05, 4.69) is 5.32 Å². The van der Waals surface area contributed by atoms with Gasteiger partial charge in [0.25, 0.3) is 5.91 Å². The Morgan fingerprint density at radius 1 is 1.40 bits per heavy atom. The molecule has 0 bridgehead atoms. The molecule has 110 valence electrons. The first-order chi connectivity index (χ1) is 9.52. The van der Waals surface area contributed by atoms with Gasteiger partial charge in [-0.1, -0.05) is 31.9 Å². The van der Waals surface area contributed by atoms with Gasteiger partial charge >= 0.3 is 5.97 Å². The highest BCUT2D eigenvalue weighted by molar-refractivity contribution is 5.84. The maximum atomic E-state index is 11.7. The van der Waals surface area contributed by atoms with E-state index in [0.717, 1.165) is 18.4 Å². The Hall–Kier alpha value is -2.04. The summed E-state index contributed by atoms with van der Waals surface area (Å²) in [4.78, 5) is 22.7. The summed E-state index contributed by atoms with van der Waals surface area (Å²) in [5.41, 5.74) is 1.04. The minimum Gasteiger partial charge on any atom is -0.484 e. The van der Waals surface area contributed by atoms with Gasteiger partial charge in [0.05, 0.1) is 0 Å². The highest BCUT2D eigenvalue weighted by atomic mass is 16.5.